The fraction of sp³-hybridized carbons (Fsp3) is 0.500. The van der Waals surface area contributed by atoms with Crippen LogP contribution >= 0.6 is 0 Å². The van der Waals surface area contributed by atoms with Gasteiger partial charge in [-0.05, 0) is 30.9 Å². The van der Waals surface area contributed by atoms with Gasteiger partial charge in [-0.2, -0.15) is 0 Å². The number of hydrogen-bond acceptors (Lipinski definition) is 3. The molecule has 0 aliphatic heterocycles. The minimum atomic E-state index is -0.681. The first-order chi connectivity index (χ1) is 10.5. The van der Waals surface area contributed by atoms with Gasteiger partial charge < -0.3 is 15.4 Å². The summed E-state index contributed by atoms with van der Waals surface area (Å²) in [6.07, 6.45) is -0.228. The minimum Gasteiger partial charge on any atom is -0.450 e. The van der Waals surface area contributed by atoms with Gasteiger partial charge in [-0.15, -0.1) is 0 Å². The van der Waals surface area contributed by atoms with Crippen LogP contribution in [0.4, 0.5) is 9.18 Å². The Morgan fingerprint density at radius 2 is 1.95 bits per heavy atom. The Balaban J connectivity index is 2.50. The van der Waals surface area contributed by atoms with Gasteiger partial charge in [-0.3, -0.25) is 4.79 Å². The topological polar surface area (TPSA) is 67.4 Å². The highest BCUT2D eigenvalue weighted by molar-refractivity contribution is 5.85. The van der Waals surface area contributed by atoms with Gasteiger partial charge in [0.05, 0.1) is 6.61 Å². The lowest BCUT2D eigenvalue weighted by molar-refractivity contribution is -0.124. The Kier molecular flexibility index (Phi) is 7.36. The smallest absolute Gasteiger partial charge is 0.407 e. The molecule has 0 radical (unpaired) electrons. The molecule has 0 spiro atoms. The van der Waals surface area contributed by atoms with Crippen LogP contribution in [0, 0.1) is 11.7 Å². The fourth-order valence-corrected chi connectivity index (χ4v) is 1.97. The SMILES string of the molecule is CCOC(=O)N[C@H](C(=O)NCCc1ccccc1F)C(C)C. The van der Waals surface area contributed by atoms with E-state index in [9.17, 15) is 14.0 Å². The van der Waals surface area contributed by atoms with E-state index in [1.807, 2.05) is 13.8 Å². The van der Waals surface area contributed by atoms with E-state index < -0.39 is 12.1 Å². The summed E-state index contributed by atoms with van der Waals surface area (Å²) >= 11 is 0. The molecule has 0 bridgehead atoms. The van der Waals surface area contributed by atoms with Gasteiger partial charge in [0.2, 0.25) is 5.91 Å². The van der Waals surface area contributed by atoms with Crippen molar-refractivity contribution in [3.05, 3.63) is 35.6 Å². The van der Waals surface area contributed by atoms with E-state index in [1.165, 1.54) is 6.07 Å². The predicted octanol–water partition coefficient (Wildman–Crippen LogP) is 2.26. The first-order valence-corrected chi connectivity index (χ1v) is 7.40. The van der Waals surface area contributed by atoms with Gasteiger partial charge in [0.1, 0.15) is 11.9 Å². The molecule has 1 atom stereocenters. The third kappa shape index (κ3) is 5.71. The minimum absolute atomic E-state index is 0.0853. The van der Waals surface area contributed by atoms with E-state index in [-0.39, 0.29) is 24.2 Å². The molecular weight excluding hydrogens is 287 g/mol. The monoisotopic (exact) mass is 310 g/mol. The normalized spacial score (nSPS) is 11.9. The highest BCUT2D eigenvalue weighted by atomic mass is 19.1. The second-order valence-corrected chi connectivity index (χ2v) is 5.22. The van der Waals surface area contributed by atoms with Crippen molar-refractivity contribution < 1.29 is 18.7 Å². The molecule has 1 rings (SSSR count). The van der Waals surface area contributed by atoms with E-state index >= 15 is 0 Å². The molecule has 0 saturated heterocycles. The van der Waals surface area contributed by atoms with Crippen molar-refractivity contribution in [3.8, 4) is 0 Å². The van der Waals surface area contributed by atoms with Gasteiger partial charge in [0.15, 0.2) is 0 Å². The van der Waals surface area contributed by atoms with Crippen LogP contribution < -0.4 is 10.6 Å². The highest BCUT2D eigenvalue weighted by Gasteiger charge is 2.24. The van der Waals surface area contributed by atoms with Gasteiger partial charge in [-0.1, -0.05) is 32.0 Å². The third-order valence-electron chi connectivity index (χ3n) is 3.15. The molecule has 0 aliphatic rings. The number of hydrogen-bond donors (Lipinski definition) is 2. The van der Waals surface area contributed by atoms with Crippen LogP contribution in [0.5, 0.6) is 0 Å². The summed E-state index contributed by atoms with van der Waals surface area (Å²) in [6.45, 7) is 5.89. The van der Waals surface area contributed by atoms with Crippen LogP contribution in [0.2, 0.25) is 0 Å². The third-order valence-corrected chi connectivity index (χ3v) is 3.15. The van der Waals surface area contributed by atoms with E-state index in [4.69, 9.17) is 4.74 Å². The average Bonchev–Trinajstić information content (AvgIpc) is 2.46. The van der Waals surface area contributed by atoms with Gasteiger partial charge in [0.25, 0.3) is 0 Å². The zero-order valence-corrected chi connectivity index (χ0v) is 13.2. The number of amides is 2. The second kappa shape index (κ2) is 9.02. The summed E-state index contributed by atoms with van der Waals surface area (Å²) in [6, 6.07) is 5.75. The quantitative estimate of drug-likeness (QED) is 0.812. The fourth-order valence-electron chi connectivity index (χ4n) is 1.97. The van der Waals surface area contributed by atoms with Crippen LogP contribution in [0.1, 0.15) is 26.3 Å². The van der Waals surface area contributed by atoms with Crippen LogP contribution in [-0.4, -0.2) is 31.2 Å². The Labute approximate surface area is 130 Å². The van der Waals surface area contributed by atoms with Gasteiger partial charge in [-0.25, -0.2) is 9.18 Å². The molecule has 1 aromatic rings. The van der Waals surface area contributed by atoms with Crippen molar-refractivity contribution in [3.63, 3.8) is 0 Å². The average molecular weight is 310 g/mol. The summed E-state index contributed by atoms with van der Waals surface area (Å²) in [7, 11) is 0. The number of nitrogens with one attached hydrogen (secondary N) is 2. The zero-order valence-electron chi connectivity index (χ0n) is 13.2. The lowest BCUT2D eigenvalue weighted by atomic mass is 10.0. The maximum absolute atomic E-state index is 13.5. The molecule has 0 unspecified atom stereocenters. The lowest BCUT2D eigenvalue weighted by Gasteiger charge is -2.21. The summed E-state index contributed by atoms with van der Waals surface area (Å²) < 4.78 is 18.3. The van der Waals surface area contributed by atoms with E-state index in [0.29, 0.717) is 18.5 Å². The Morgan fingerprint density at radius 1 is 1.27 bits per heavy atom. The van der Waals surface area contributed by atoms with Crippen LogP contribution in [0.25, 0.3) is 0 Å². The van der Waals surface area contributed by atoms with E-state index in [0.717, 1.165) is 0 Å². The highest BCUT2D eigenvalue weighted by Crippen LogP contribution is 2.07. The predicted molar refractivity (Wildman–Crippen MR) is 81.9 cm³/mol. The summed E-state index contributed by atoms with van der Waals surface area (Å²) in [5, 5.41) is 5.24. The standard InChI is InChI=1S/C16H23FN2O3/c1-4-22-16(21)19-14(11(2)3)15(20)18-10-9-12-7-5-6-8-13(12)17/h5-8,11,14H,4,9-10H2,1-3H3,(H,18,20)(H,19,21)/t14-/m0/s1. The largest absolute Gasteiger partial charge is 0.450 e. The Morgan fingerprint density at radius 3 is 2.55 bits per heavy atom. The van der Waals surface area contributed by atoms with Crippen LogP contribution in [0.15, 0.2) is 24.3 Å². The zero-order chi connectivity index (χ0) is 16.5. The molecule has 6 heteroatoms. The molecule has 22 heavy (non-hydrogen) atoms. The lowest BCUT2D eigenvalue weighted by Crippen LogP contribution is -2.50. The van der Waals surface area contributed by atoms with Crippen molar-refractivity contribution in [1.29, 1.82) is 0 Å². The second-order valence-electron chi connectivity index (χ2n) is 5.22. The molecule has 1 aromatic carbocycles. The maximum Gasteiger partial charge on any atom is 0.407 e. The van der Waals surface area contributed by atoms with Crippen molar-refractivity contribution in [2.75, 3.05) is 13.2 Å². The number of carbonyl (C=O) groups is 2. The van der Waals surface area contributed by atoms with E-state index in [1.54, 1.807) is 25.1 Å². The van der Waals surface area contributed by atoms with Crippen LogP contribution in [-0.2, 0) is 16.0 Å². The molecule has 0 saturated carbocycles. The van der Waals surface area contributed by atoms with Crippen molar-refractivity contribution in [1.82, 2.24) is 10.6 Å². The number of ether oxygens (including phenoxy) is 1. The number of benzene rings is 1. The molecular formula is C16H23FN2O3. The molecule has 2 N–H and O–H groups in total. The van der Waals surface area contributed by atoms with Crippen molar-refractivity contribution in [2.45, 2.75) is 33.2 Å². The molecule has 0 aromatic heterocycles. The maximum atomic E-state index is 13.5. The van der Waals surface area contributed by atoms with E-state index in [2.05, 4.69) is 10.6 Å². The number of alkyl carbamates (subject to hydrolysis) is 1. The molecule has 2 amide bonds. The van der Waals surface area contributed by atoms with Crippen molar-refractivity contribution in [2.24, 2.45) is 5.92 Å². The van der Waals surface area contributed by atoms with Crippen LogP contribution in [0.3, 0.4) is 0 Å². The molecule has 5 nitrogen and oxygen atoms in total. The van der Waals surface area contributed by atoms with Gasteiger partial charge in [0, 0.05) is 6.54 Å². The molecule has 0 aliphatic carbocycles. The summed E-state index contributed by atoms with van der Waals surface area (Å²) in [5.41, 5.74) is 0.544. The molecule has 122 valence electrons. The summed E-state index contributed by atoms with van der Waals surface area (Å²) in [4.78, 5) is 23.6. The number of rotatable bonds is 7. The number of halogens is 1. The van der Waals surface area contributed by atoms with Gasteiger partial charge >= 0.3 is 6.09 Å². The summed E-state index contributed by atoms with van der Waals surface area (Å²) in [5.74, 6) is -0.681. The molecule has 0 fully saturated rings. The Hall–Kier alpha value is -2.11. The first kappa shape index (κ1) is 17.9. The van der Waals surface area contributed by atoms with Crippen molar-refractivity contribution >= 4 is 12.0 Å². The Bertz CT molecular complexity index is 506. The number of carbonyl (C=O) groups excluding carboxylic acids is 2. The first-order valence-electron chi connectivity index (χ1n) is 7.40. The molecule has 0 heterocycles.